The van der Waals surface area contributed by atoms with Crippen LogP contribution in [0, 0.1) is 0 Å². The van der Waals surface area contributed by atoms with Gasteiger partial charge in [0.15, 0.2) is 5.82 Å². The molecule has 3 aromatic heterocycles. The topological polar surface area (TPSA) is 80.0 Å². The molecule has 4 rings (SSSR count). The number of rotatable bonds is 3. The first kappa shape index (κ1) is 16.6. The Morgan fingerprint density at radius 3 is 2.58 bits per heavy atom. The molecule has 0 saturated carbocycles. The van der Waals surface area contributed by atoms with Crippen LogP contribution in [0.2, 0.25) is 0 Å². The van der Waals surface area contributed by atoms with Crippen LogP contribution in [-0.4, -0.2) is 61.7 Å². The minimum Gasteiger partial charge on any atom is -0.353 e. The monoisotopic (exact) mass is 413 g/mol. The van der Waals surface area contributed by atoms with Crippen LogP contribution in [0.3, 0.4) is 0 Å². The quantitative estimate of drug-likeness (QED) is 0.650. The third-order valence-electron chi connectivity index (χ3n) is 4.22. The molecule has 1 aliphatic rings. The van der Waals surface area contributed by atoms with E-state index in [-0.39, 0.29) is 5.91 Å². The molecule has 0 spiro atoms. The molecule has 0 unspecified atom stereocenters. The van der Waals surface area contributed by atoms with Gasteiger partial charge in [0, 0.05) is 61.5 Å². The standard InChI is InChI=1S/C17H16BrN7O/c18-14-8-13(10-19-11-14)17(26)24-6-4-23(5-7-24)15-9-16(21-12-20-15)25-3-1-2-22-25/h1-3,8-12H,4-7H2. The van der Waals surface area contributed by atoms with E-state index < -0.39 is 0 Å². The van der Waals surface area contributed by atoms with Gasteiger partial charge in [-0.05, 0) is 28.1 Å². The van der Waals surface area contributed by atoms with Gasteiger partial charge in [0.05, 0.1) is 5.56 Å². The Balaban J connectivity index is 1.44. The van der Waals surface area contributed by atoms with Gasteiger partial charge in [-0.25, -0.2) is 14.6 Å². The van der Waals surface area contributed by atoms with Gasteiger partial charge in [-0.1, -0.05) is 0 Å². The number of piperazine rings is 1. The third kappa shape index (κ3) is 3.43. The highest BCUT2D eigenvalue weighted by atomic mass is 79.9. The van der Waals surface area contributed by atoms with Crippen LogP contribution in [0.4, 0.5) is 5.82 Å². The van der Waals surface area contributed by atoms with E-state index in [9.17, 15) is 4.79 Å². The molecule has 9 heteroatoms. The van der Waals surface area contributed by atoms with Crippen molar-refractivity contribution in [2.75, 3.05) is 31.1 Å². The van der Waals surface area contributed by atoms with E-state index in [4.69, 9.17) is 0 Å². The van der Waals surface area contributed by atoms with Crippen LogP contribution in [-0.2, 0) is 0 Å². The zero-order valence-electron chi connectivity index (χ0n) is 13.9. The van der Waals surface area contributed by atoms with E-state index in [1.807, 2.05) is 23.2 Å². The van der Waals surface area contributed by atoms with Crippen LogP contribution in [0.1, 0.15) is 10.4 Å². The maximum Gasteiger partial charge on any atom is 0.255 e. The number of halogens is 1. The zero-order chi connectivity index (χ0) is 17.9. The van der Waals surface area contributed by atoms with Crippen molar-refractivity contribution in [2.24, 2.45) is 0 Å². The Bertz CT molecular complexity index is 907. The summed E-state index contributed by atoms with van der Waals surface area (Å²) in [5.41, 5.74) is 0.593. The maximum atomic E-state index is 12.6. The molecule has 1 fully saturated rings. The molecule has 132 valence electrons. The summed E-state index contributed by atoms with van der Waals surface area (Å²) < 4.78 is 2.50. The van der Waals surface area contributed by atoms with Crippen LogP contribution in [0.5, 0.6) is 0 Å². The van der Waals surface area contributed by atoms with Gasteiger partial charge in [-0.15, -0.1) is 0 Å². The Morgan fingerprint density at radius 1 is 1.04 bits per heavy atom. The minimum absolute atomic E-state index is 0.00151. The molecule has 1 saturated heterocycles. The van der Waals surface area contributed by atoms with Crippen LogP contribution >= 0.6 is 15.9 Å². The highest BCUT2D eigenvalue weighted by Gasteiger charge is 2.23. The summed E-state index contributed by atoms with van der Waals surface area (Å²) in [6.45, 7) is 2.68. The lowest BCUT2D eigenvalue weighted by Gasteiger charge is -2.35. The first-order chi connectivity index (χ1) is 12.7. The van der Waals surface area contributed by atoms with Gasteiger partial charge >= 0.3 is 0 Å². The molecule has 0 aromatic carbocycles. The van der Waals surface area contributed by atoms with Crippen molar-refractivity contribution in [1.82, 2.24) is 29.6 Å². The van der Waals surface area contributed by atoms with Gasteiger partial charge in [-0.3, -0.25) is 9.78 Å². The average molecular weight is 414 g/mol. The summed E-state index contributed by atoms with van der Waals surface area (Å²) in [5, 5.41) is 4.19. The Kier molecular flexibility index (Phi) is 4.61. The average Bonchev–Trinajstić information content (AvgIpc) is 3.23. The molecule has 0 aliphatic carbocycles. The fraction of sp³-hybridized carbons (Fsp3) is 0.235. The lowest BCUT2D eigenvalue weighted by atomic mass is 10.2. The number of amides is 1. The molecule has 0 radical (unpaired) electrons. The Hall–Kier alpha value is -2.81. The normalized spacial score (nSPS) is 14.5. The van der Waals surface area contributed by atoms with E-state index >= 15 is 0 Å². The highest BCUT2D eigenvalue weighted by molar-refractivity contribution is 9.10. The lowest BCUT2D eigenvalue weighted by molar-refractivity contribution is 0.0746. The van der Waals surface area contributed by atoms with Gasteiger partial charge in [-0.2, -0.15) is 5.10 Å². The van der Waals surface area contributed by atoms with Crippen molar-refractivity contribution in [1.29, 1.82) is 0 Å². The number of nitrogens with zero attached hydrogens (tertiary/aromatic N) is 7. The number of hydrogen-bond acceptors (Lipinski definition) is 6. The third-order valence-corrected chi connectivity index (χ3v) is 4.65. The molecule has 1 amide bonds. The predicted octanol–water partition coefficient (Wildman–Crippen LogP) is 1.78. The molecule has 0 N–H and O–H groups in total. The van der Waals surface area contributed by atoms with E-state index in [1.54, 1.807) is 29.3 Å². The molecule has 26 heavy (non-hydrogen) atoms. The van der Waals surface area contributed by atoms with Crippen molar-refractivity contribution >= 4 is 27.7 Å². The van der Waals surface area contributed by atoms with E-state index in [0.29, 0.717) is 31.7 Å². The first-order valence-electron chi connectivity index (χ1n) is 8.17. The van der Waals surface area contributed by atoms with E-state index in [2.05, 4.69) is 40.9 Å². The van der Waals surface area contributed by atoms with Crippen molar-refractivity contribution in [3.8, 4) is 5.82 Å². The van der Waals surface area contributed by atoms with Crippen molar-refractivity contribution in [3.05, 3.63) is 59.3 Å². The molecular formula is C17H16BrN7O. The van der Waals surface area contributed by atoms with Crippen molar-refractivity contribution in [3.63, 3.8) is 0 Å². The summed E-state index contributed by atoms with van der Waals surface area (Å²) in [7, 11) is 0. The second-order valence-electron chi connectivity index (χ2n) is 5.86. The molecule has 0 bridgehead atoms. The number of aromatic nitrogens is 5. The fourth-order valence-electron chi connectivity index (χ4n) is 2.89. The number of pyridine rings is 1. The smallest absolute Gasteiger partial charge is 0.255 e. The SMILES string of the molecule is O=C(c1cncc(Br)c1)N1CCN(c2cc(-n3cccn3)ncn2)CC1. The molecular weight excluding hydrogens is 398 g/mol. The number of anilines is 1. The molecule has 3 aromatic rings. The van der Waals surface area contributed by atoms with Crippen molar-refractivity contribution in [2.45, 2.75) is 0 Å². The van der Waals surface area contributed by atoms with E-state index in [1.165, 1.54) is 6.33 Å². The molecule has 0 atom stereocenters. The summed E-state index contributed by atoms with van der Waals surface area (Å²) in [5.74, 6) is 1.55. The number of hydrogen-bond donors (Lipinski definition) is 0. The fourth-order valence-corrected chi connectivity index (χ4v) is 3.25. The van der Waals surface area contributed by atoms with Crippen LogP contribution in [0.15, 0.2) is 53.8 Å². The van der Waals surface area contributed by atoms with Crippen LogP contribution in [0.25, 0.3) is 5.82 Å². The Labute approximate surface area is 158 Å². The lowest BCUT2D eigenvalue weighted by Crippen LogP contribution is -2.49. The van der Waals surface area contributed by atoms with Gasteiger partial charge in [0.25, 0.3) is 5.91 Å². The summed E-state index contributed by atoms with van der Waals surface area (Å²) >= 11 is 3.35. The molecule has 8 nitrogen and oxygen atoms in total. The Morgan fingerprint density at radius 2 is 1.85 bits per heavy atom. The second kappa shape index (κ2) is 7.20. The molecule has 1 aliphatic heterocycles. The minimum atomic E-state index is -0.00151. The van der Waals surface area contributed by atoms with Gasteiger partial charge in [0.2, 0.25) is 0 Å². The van der Waals surface area contributed by atoms with E-state index in [0.717, 1.165) is 16.1 Å². The number of carbonyl (C=O) groups is 1. The first-order valence-corrected chi connectivity index (χ1v) is 8.97. The van der Waals surface area contributed by atoms with Gasteiger partial charge < -0.3 is 9.80 Å². The zero-order valence-corrected chi connectivity index (χ0v) is 15.4. The summed E-state index contributed by atoms with van der Waals surface area (Å²) in [6, 6.07) is 5.55. The van der Waals surface area contributed by atoms with Gasteiger partial charge in [0.1, 0.15) is 12.1 Å². The maximum absolute atomic E-state index is 12.6. The second-order valence-corrected chi connectivity index (χ2v) is 6.77. The number of carbonyl (C=O) groups excluding carboxylic acids is 1. The van der Waals surface area contributed by atoms with Crippen LogP contribution < -0.4 is 4.90 Å². The summed E-state index contributed by atoms with van der Waals surface area (Å²) in [6.07, 6.45) is 8.36. The predicted molar refractivity (Wildman–Crippen MR) is 99.2 cm³/mol. The van der Waals surface area contributed by atoms with Crippen molar-refractivity contribution < 1.29 is 4.79 Å². The highest BCUT2D eigenvalue weighted by Crippen LogP contribution is 2.17. The summed E-state index contributed by atoms with van der Waals surface area (Å²) in [4.78, 5) is 29.3. The molecule has 4 heterocycles. The largest absolute Gasteiger partial charge is 0.353 e.